The number of nitrogens with zero attached hydrogens (tertiary/aromatic N) is 2. The fourth-order valence-electron chi connectivity index (χ4n) is 4.31. The summed E-state index contributed by atoms with van der Waals surface area (Å²) < 4.78 is 16.0. The number of ether oxygens (including phenoxy) is 3. The first-order valence-corrected chi connectivity index (χ1v) is 10.0. The van der Waals surface area contributed by atoms with Crippen LogP contribution in [-0.4, -0.2) is 67.6 Å². The summed E-state index contributed by atoms with van der Waals surface area (Å²) in [7, 11) is 0. The molecule has 3 aliphatic rings. The summed E-state index contributed by atoms with van der Waals surface area (Å²) >= 11 is 0. The molecule has 148 valence electrons. The SMILES string of the molecule is CCOC(=O)N1CCC(N2CCCC(Nc3ccc4c(c3)OCO4)C2)CC1. The standard InChI is InChI=1S/C20H29N3O4/c1-2-25-20(24)22-10-7-17(8-11-22)23-9-3-4-16(13-23)21-15-5-6-18-19(12-15)27-14-26-18/h5-6,12,16-17,21H,2-4,7-11,13-14H2,1H3. The van der Waals surface area contributed by atoms with E-state index in [9.17, 15) is 4.79 Å². The van der Waals surface area contributed by atoms with Crippen LogP contribution in [-0.2, 0) is 4.74 Å². The molecule has 2 fully saturated rings. The zero-order valence-electron chi connectivity index (χ0n) is 16.0. The number of amides is 1. The molecule has 0 bridgehead atoms. The molecule has 1 N–H and O–H groups in total. The number of carbonyl (C=O) groups is 1. The Balaban J connectivity index is 1.29. The van der Waals surface area contributed by atoms with Crippen LogP contribution in [0.15, 0.2) is 18.2 Å². The zero-order valence-corrected chi connectivity index (χ0v) is 16.0. The summed E-state index contributed by atoms with van der Waals surface area (Å²) in [5.41, 5.74) is 1.09. The fraction of sp³-hybridized carbons (Fsp3) is 0.650. The van der Waals surface area contributed by atoms with Crippen molar-refractivity contribution in [3.63, 3.8) is 0 Å². The molecule has 7 nitrogen and oxygen atoms in total. The lowest BCUT2D eigenvalue weighted by Gasteiger charge is -2.42. The minimum Gasteiger partial charge on any atom is -0.454 e. The molecular weight excluding hydrogens is 346 g/mol. The first kappa shape index (κ1) is 18.2. The molecule has 1 aromatic carbocycles. The van der Waals surface area contributed by atoms with E-state index in [1.54, 1.807) is 0 Å². The Morgan fingerprint density at radius 3 is 2.81 bits per heavy atom. The average molecular weight is 375 g/mol. The predicted octanol–water partition coefficient (Wildman–Crippen LogP) is 2.91. The summed E-state index contributed by atoms with van der Waals surface area (Å²) in [5.74, 6) is 1.64. The molecule has 1 amide bonds. The highest BCUT2D eigenvalue weighted by Gasteiger charge is 2.30. The molecule has 3 aliphatic heterocycles. The zero-order chi connectivity index (χ0) is 18.6. The Labute approximate surface area is 160 Å². The van der Waals surface area contributed by atoms with Crippen molar-refractivity contribution >= 4 is 11.8 Å². The van der Waals surface area contributed by atoms with Gasteiger partial charge in [-0.25, -0.2) is 4.79 Å². The van der Waals surface area contributed by atoms with Crippen molar-refractivity contribution in [1.82, 2.24) is 9.80 Å². The van der Waals surface area contributed by atoms with Gasteiger partial charge in [0.05, 0.1) is 6.61 Å². The first-order valence-electron chi connectivity index (χ1n) is 10.0. The molecule has 27 heavy (non-hydrogen) atoms. The van der Waals surface area contributed by atoms with Gasteiger partial charge in [-0.1, -0.05) is 0 Å². The third kappa shape index (κ3) is 4.24. The predicted molar refractivity (Wildman–Crippen MR) is 102 cm³/mol. The maximum atomic E-state index is 11.9. The van der Waals surface area contributed by atoms with Crippen LogP contribution in [0.2, 0.25) is 0 Å². The molecule has 0 radical (unpaired) electrons. The molecule has 3 heterocycles. The second kappa shape index (κ2) is 8.25. The molecule has 1 unspecified atom stereocenters. The fourth-order valence-corrected chi connectivity index (χ4v) is 4.31. The number of likely N-dealkylation sites (tertiary alicyclic amines) is 2. The Bertz CT molecular complexity index is 661. The quantitative estimate of drug-likeness (QED) is 0.873. The van der Waals surface area contributed by atoms with E-state index >= 15 is 0 Å². The number of rotatable bonds is 4. The number of benzene rings is 1. The van der Waals surface area contributed by atoms with Crippen LogP contribution in [0, 0.1) is 0 Å². The van der Waals surface area contributed by atoms with Gasteiger partial charge in [-0.3, -0.25) is 4.90 Å². The van der Waals surface area contributed by atoms with Gasteiger partial charge in [0, 0.05) is 43.5 Å². The largest absolute Gasteiger partial charge is 0.454 e. The number of hydrogen-bond donors (Lipinski definition) is 1. The minimum absolute atomic E-state index is 0.169. The first-order chi connectivity index (χ1) is 13.2. The van der Waals surface area contributed by atoms with E-state index in [2.05, 4.69) is 16.3 Å². The van der Waals surface area contributed by atoms with E-state index in [4.69, 9.17) is 14.2 Å². The van der Waals surface area contributed by atoms with E-state index in [1.165, 1.54) is 12.8 Å². The summed E-state index contributed by atoms with van der Waals surface area (Å²) in [6.45, 7) is 6.37. The number of hydrogen-bond acceptors (Lipinski definition) is 6. The summed E-state index contributed by atoms with van der Waals surface area (Å²) in [6.07, 6.45) is 4.25. The second-order valence-electron chi connectivity index (χ2n) is 7.46. The van der Waals surface area contributed by atoms with Crippen molar-refractivity contribution in [2.24, 2.45) is 0 Å². The number of nitrogens with one attached hydrogen (secondary N) is 1. The van der Waals surface area contributed by atoms with Gasteiger partial charge in [0.1, 0.15) is 0 Å². The van der Waals surface area contributed by atoms with E-state index in [-0.39, 0.29) is 6.09 Å². The van der Waals surface area contributed by atoms with Crippen molar-refractivity contribution in [2.45, 2.75) is 44.7 Å². The summed E-state index contributed by atoms with van der Waals surface area (Å²) in [6, 6.07) is 7.04. The van der Waals surface area contributed by atoms with E-state index in [1.807, 2.05) is 24.0 Å². The van der Waals surface area contributed by atoms with Crippen LogP contribution in [0.25, 0.3) is 0 Å². The number of piperidine rings is 2. The molecule has 0 aromatic heterocycles. The van der Waals surface area contributed by atoms with Crippen molar-refractivity contribution in [3.8, 4) is 11.5 Å². The number of fused-ring (bicyclic) bond motifs is 1. The molecule has 1 aromatic rings. The monoisotopic (exact) mass is 375 g/mol. The topological polar surface area (TPSA) is 63.3 Å². The highest BCUT2D eigenvalue weighted by molar-refractivity contribution is 5.67. The van der Waals surface area contributed by atoms with Crippen LogP contribution >= 0.6 is 0 Å². The maximum absolute atomic E-state index is 11.9. The maximum Gasteiger partial charge on any atom is 0.409 e. The molecule has 0 spiro atoms. The highest BCUT2D eigenvalue weighted by Crippen LogP contribution is 2.34. The van der Waals surface area contributed by atoms with Crippen molar-refractivity contribution in [1.29, 1.82) is 0 Å². The van der Waals surface area contributed by atoms with E-state index in [0.29, 0.717) is 25.5 Å². The van der Waals surface area contributed by atoms with Crippen LogP contribution in [0.1, 0.15) is 32.6 Å². The lowest BCUT2D eigenvalue weighted by Crippen LogP contribution is -2.51. The molecule has 0 saturated carbocycles. The van der Waals surface area contributed by atoms with Crippen molar-refractivity contribution in [3.05, 3.63) is 18.2 Å². The summed E-state index contributed by atoms with van der Waals surface area (Å²) in [5, 5.41) is 3.66. The Morgan fingerprint density at radius 1 is 1.19 bits per heavy atom. The van der Waals surface area contributed by atoms with E-state index < -0.39 is 0 Å². The third-order valence-corrected chi connectivity index (χ3v) is 5.70. The van der Waals surface area contributed by atoms with Gasteiger partial charge >= 0.3 is 6.09 Å². The number of anilines is 1. The Morgan fingerprint density at radius 2 is 2.00 bits per heavy atom. The Hall–Kier alpha value is -2.15. The second-order valence-corrected chi connectivity index (χ2v) is 7.46. The van der Waals surface area contributed by atoms with E-state index in [0.717, 1.165) is 56.2 Å². The smallest absolute Gasteiger partial charge is 0.409 e. The molecule has 2 saturated heterocycles. The van der Waals surface area contributed by atoms with Gasteiger partial charge in [-0.15, -0.1) is 0 Å². The average Bonchev–Trinajstić information content (AvgIpc) is 3.16. The van der Waals surface area contributed by atoms with Gasteiger partial charge in [-0.2, -0.15) is 0 Å². The normalized spacial score (nSPS) is 23.3. The highest BCUT2D eigenvalue weighted by atomic mass is 16.7. The lowest BCUT2D eigenvalue weighted by molar-refractivity contribution is 0.0667. The molecule has 7 heteroatoms. The molecule has 0 aliphatic carbocycles. The molecule has 4 rings (SSSR count). The molecule has 1 atom stereocenters. The van der Waals surface area contributed by atoms with Gasteiger partial charge < -0.3 is 24.4 Å². The third-order valence-electron chi connectivity index (χ3n) is 5.70. The van der Waals surface area contributed by atoms with Crippen molar-refractivity contribution < 1.29 is 19.0 Å². The van der Waals surface area contributed by atoms with Gasteiger partial charge in [0.2, 0.25) is 6.79 Å². The van der Waals surface area contributed by atoms with Crippen LogP contribution in [0.4, 0.5) is 10.5 Å². The minimum atomic E-state index is -0.169. The van der Waals surface area contributed by atoms with Crippen LogP contribution in [0.5, 0.6) is 11.5 Å². The van der Waals surface area contributed by atoms with Crippen LogP contribution < -0.4 is 14.8 Å². The van der Waals surface area contributed by atoms with Gasteiger partial charge in [-0.05, 0) is 51.3 Å². The summed E-state index contributed by atoms with van der Waals surface area (Å²) in [4.78, 5) is 16.3. The van der Waals surface area contributed by atoms with Gasteiger partial charge in [0.25, 0.3) is 0 Å². The van der Waals surface area contributed by atoms with Crippen LogP contribution in [0.3, 0.4) is 0 Å². The number of carbonyl (C=O) groups excluding carboxylic acids is 1. The molecular formula is C20H29N3O4. The Kier molecular flexibility index (Phi) is 5.57. The lowest BCUT2D eigenvalue weighted by atomic mass is 9.98. The van der Waals surface area contributed by atoms with Crippen molar-refractivity contribution in [2.75, 3.05) is 44.9 Å². The van der Waals surface area contributed by atoms with Gasteiger partial charge in [0.15, 0.2) is 11.5 Å².